The van der Waals surface area contributed by atoms with Gasteiger partial charge >= 0.3 is 10.2 Å². The number of aromatic nitrogens is 1. The summed E-state index contributed by atoms with van der Waals surface area (Å²) < 4.78 is 28.5. The standard InChI is InChI=1S/C12H18ClN3O2S/c1-9-3-5-16(6-4-9)19(17,18)15-11-7-10(2)8-14-12(11)13/h7-9,15H,3-6H2,1-2H3. The lowest BCUT2D eigenvalue weighted by Crippen LogP contribution is -2.41. The highest BCUT2D eigenvalue weighted by atomic mass is 35.5. The number of anilines is 1. The maximum atomic E-state index is 12.3. The number of halogens is 1. The molecule has 19 heavy (non-hydrogen) atoms. The van der Waals surface area contributed by atoms with E-state index in [0.29, 0.717) is 24.7 Å². The Hall–Kier alpha value is -0.850. The van der Waals surface area contributed by atoms with Crippen molar-refractivity contribution in [2.45, 2.75) is 26.7 Å². The summed E-state index contributed by atoms with van der Waals surface area (Å²) in [6.07, 6.45) is 3.38. The minimum absolute atomic E-state index is 0.166. The Labute approximate surface area is 119 Å². The van der Waals surface area contributed by atoms with Crippen LogP contribution in [0.15, 0.2) is 12.3 Å². The van der Waals surface area contributed by atoms with Gasteiger partial charge in [-0.05, 0) is 37.3 Å². The van der Waals surface area contributed by atoms with Crippen molar-refractivity contribution in [3.8, 4) is 0 Å². The minimum Gasteiger partial charge on any atom is -0.268 e. The first-order chi connectivity index (χ1) is 8.88. The Kier molecular flexibility index (Phi) is 4.32. The number of nitrogens with zero attached hydrogens (tertiary/aromatic N) is 2. The third-order valence-corrected chi connectivity index (χ3v) is 5.12. The molecule has 2 rings (SSSR count). The van der Waals surface area contributed by atoms with E-state index in [4.69, 9.17) is 11.6 Å². The summed E-state index contributed by atoms with van der Waals surface area (Å²) in [7, 11) is -3.54. The second-order valence-corrected chi connectivity index (χ2v) is 7.07. The van der Waals surface area contributed by atoms with E-state index in [-0.39, 0.29) is 5.15 Å². The van der Waals surface area contributed by atoms with Crippen LogP contribution in [0.3, 0.4) is 0 Å². The largest absolute Gasteiger partial charge is 0.301 e. The molecule has 0 radical (unpaired) electrons. The summed E-state index contributed by atoms with van der Waals surface area (Å²) in [6, 6.07) is 1.68. The van der Waals surface area contributed by atoms with E-state index in [9.17, 15) is 8.42 Å². The summed E-state index contributed by atoms with van der Waals surface area (Å²) in [6.45, 7) is 5.07. The number of hydrogen-bond donors (Lipinski definition) is 1. The quantitative estimate of drug-likeness (QED) is 0.872. The molecule has 7 heteroatoms. The Balaban J connectivity index is 2.15. The average molecular weight is 304 g/mol. The molecular weight excluding hydrogens is 286 g/mol. The fourth-order valence-electron chi connectivity index (χ4n) is 2.05. The maximum Gasteiger partial charge on any atom is 0.301 e. The normalized spacial score (nSPS) is 18.5. The first kappa shape index (κ1) is 14.6. The fourth-order valence-corrected chi connectivity index (χ4v) is 3.51. The molecule has 0 aliphatic carbocycles. The fraction of sp³-hybridized carbons (Fsp3) is 0.583. The van der Waals surface area contributed by atoms with Gasteiger partial charge in [0.1, 0.15) is 0 Å². The molecule has 1 aliphatic rings. The van der Waals surface area contributed by atoms with Gasteiger partial charge in [0.15, 0.2) is 5.15 Å². The lowest BCUT2D eigenvalue weighted by molar-refractivity contribution is 0.289. The van der Waals surface area contributed by atoms with E-state index in [1.807, 2.05) is 6.92 Å². The second-order valence-electron chi connectivity index (χ2n) is 5.04. The molecule has 5 nitrogen and oxygen atoms in total. The summed E-state index contributed by atoms with van der Waals surface area (Å²) in [5.74, 6) is 0.579. The Morgan fingerprint density at radius 3 is 2.68 bits per heavy atom. The molecule has 2 heterocycles. The molecule has 1 aromatic rings. The Bertz CT molecular complexity index is 554. The first-order valence-corrected chi connectivity index (χ1v) is 8.10. The van der Waals surface area contributed by atoms with Gasteiger partial charge in [0.05, 0.1) is 5.69 Å². The minimum atomic E-state index is -3.54. The molecule has 106 valence electrons. The molecule has 0 atom stereocenters. The van der Waals surface area contributed by atoms with Gasteiger partial charge in [-0.25, -0.2) is 4.98 Å². The highest BCUT2D eigenvalue weighted by Crippen LogP contribution is 2.24. The highest BCUT2D eigenvalue weighted by Gasteiger charge is 2.26. The van der Waals surface area contributed by atoms with E-state index in [2.05, 4.69) is 16.6 Å². The lowest BCUT2D eigenvalue weighted by atomic mass is 10.0. The van der Waals surface area contributed by atoms with Crippen molar-refractivity contribution in [2.75, 3.05) is 17.8 Å². The van der Waals surface area contributed by atoms with Crippen molar-refractivity contribution in [3.63, 3.8) is 0 Å². The molecule has 0 saturated carbocycles. The van der Waals surface area contributed by atoms with Crippen LogP contribution >= 0.6 is 11.6 Å². The lowest BCUT2D eigenvalue weighted by Gasteiger charge is -2.29. The molecule has 0 aromatic carbocycles. The SMILES string of the molecule is Cc1cnc(Cl)c(NS(=O)(=O)N2CCC(C)CC2)c1. The molecule has 0 unspecified atom stereocenters. The van der Waals surface area contributed by atoms with Gasteiger partial charge in [0.2, 0.25) is 0 Å². The summed E-state index contributed by atoms with van der Waals surface area (Å²) >= 11 is 5.91. The van der Waals surface area contributed by atoms with Gasteiger partial charge < -0.3 is 0 Å². The van der Waals surface area contributed by atoms with Crippen molar-refractivity contribution in [3.05, 3.63) is 23.0 Å². The second kappa shape index (κ2) is 5.64. The third kappa shape index (κ3) is 3.58. The summed E-state index contributed by atoms with van der Waals surface area (Å²) in [4.78, 5) is 3.94. The van der Waals surface area contributed by atoms with Gasteiger partial charge in [-0.1, -0.05) is 18.5 Å². The van der Waals surface area contributed by atoms with Crippen molar-refractivity contribution in [1.29, 1.82) is 0 Å². The maximum absolute atomic E-state index is 12.3. The van der Waals surface area contributed by atoms with Gasteiger partial charge in [0, 0.05) is 19.3 Å². The zero-order valence-electron chi connectivity index (χ0n) is 11.1. The van der Waals surface area contributed by atoms with Crippen LogP contribution in [0.4, 0.5) is 5.69 Å². The number of hydrogen-bond acceptors (Lipinski definition) is 3. The van der Waals surface area contributed by atoms with E-state index in [1.165, 1.54) is 4.31 Å². The molecule has 1 aromatic heterocycles. The van der Waals surface area contributed by atoms with Gasteiger partial charge in [-0.2, -0.15) is 12.7 Å². The molecule has 0 spiro atoms. The van der Waals surface area contributed by atoms with Crippen molar-refractivity contribution in [1.82, 2.24) is 9.29 Å². The van der Waals surface area contributed by atoms with Crippen molar-refractivity contribution in [2.24, 2.45) is 5.92 Å². The number of pyridine rings is 1. The van der Waals surface area contributed by atoms with Crippen molar-refractivity contribution < 1.29 is 8.42 Å². The summed E-state index contributed by atoms with van der Waals surface area (Å²) in [5.41, 5.74) is 1.19. The monoisotopic (exact) mass is 303 g/mol. The predicted molar refractivity (Wildman–Crippen MR) is 76.5 cm³/mol. The van der Waals surface area contributed by atoms with Crippen molar-refractivity contribution >= 4 is 27.5 Å². The number of aryl methyl sites for hydroxylation is 1. The zero-order chi connectivity index (χ0) is 14.0. The van der Waals surface area contributed by atoms with E-state index < -0.39 is 10.2 Å². The first-order valence-electron chi connectivity index (χ1n) is 6.28. The van der Waals surface area contributed by atoms with Gasteiger partial charge in [-0.15, -0.1) is 0 Å². The van der Waals surface area contributed by atoms with Crippen LogP contribution in [-0.4, -0.2) is 30.8 Å². The number of nitrogens with one attached hydrogen (secondary N) is 1. The van der Waals surface area contributed by atoms with Gasteiger partial charge in [-0.3, -0.25) is 4.72 Å². The number of rotatable bonds is 3. The zero-order valence-corrected chi connectivity index (χ0v) is 12.6. The molecule has 1 N–H and O–H groups in total. The Morgan fingerprint density at radius 2 is 2.05 bits per heavy atom. The van der Waals surface area contributed by atoms with Crippen LogP contribution in [0, 0.1) is 12.8 Å². The average Bonchev–Trinajstić information content (AvgIpc) is 2.34. The van der Waals surface area contributed by atoms with Crippen LogP contribution in [0.25, 0.3) is 0 Å². The molecule has 1 fully saturated rings. The molecule has 1 aliphatic heterocycles. The van der Waals surface area contributed by atoms with Crippen LogP contribution < -0.4 is 4.72 Å². The van der Waals surface area contributed by atoms with E-state index in [0.717, 1.165) is 18.4 Å². The van der Waals surface area contributed by atoms with Crippen LogP contribution in [0.1, 0.15) is 25.3 Å². The Morgan fingerprint density at radius 1 is 1.42 bits per heavy atom. The van der Waals surface area contributed by atoms with Crippen LogP contribution in [-0.2, 0) is 10.2 Å². The third-order valence-electron chi connectivity index (χ3n) is 3.30. The topological polar surface area (TPSA) is 62.3 Å². The highest BCUT2D eigenvalue weighted by molar-refractivity contribution is 7.90. The molecular formula is C12H18ClN3O2S. The van der Waals surface area contributed by atoms with E-state index >= 15 is 0 Å². The number of piperidine rings is 1. The predicted octanol–water partition coefficient (Wildman–Crippen LogP) is 2.43. The molecule has 0 amide bonds. The summed E-state index contributed by atoms with van der Waals surface area (Å²) in [5, 5.41) is 0.166. The van der Waals surface area contributed by atoms with Gasteiger partial charge in [0.25, 0.3) is 0 Å². The smallest absolute Gasteiger partial charge is 0.268 e. The van der Waals surface area contributed by atoms with Crippen LogP contribution in [0.2, 0.25) is 5.15 Å². The van der Waals surface area contributed by atoms with E-state index in [1.54, 1.807) is 12.3 Å². The molecule has 0 bridgehead atoms. The molecule has 1 saturated heterocycles. The van der Waals surface area contributed by atoms with Crippen LogP contribution in [0.5, 0.6) is 0 Å².